The number of halogens is 2. The summed E-state index contributed by atoms with van der Waals surface area (Å²) in [4.78, 5) is 15.7. The van der Waals surface area contributed by atoms with Crippen LogP contribution in [-0.2, 0) is 16.2 Å². The number of rotatable bonds is 4. The molecule has 0 spiro atoms. The molecule has 0 aliphatic heterocycles. The molecule has 19 heavy (non-hydrogen) atoms. The van der Waals surface area contributed by atoms with Gasteiger partial charge in [0.25, 0.3) is 0 Å². The molecule has 1 heterocycles. The van der Waals surface area contributed by atoms with Crippen LogP contribution in [0.3, 0.4) is 0 Å². The SMILES string of the molecule is CC(C)(CC(N)=O)n1c(CCl)nc2cc(Cl)ccc21. The fourth-order valence-corrected chi connectivity index (χ4v) is 2.72. The molecule has 1 aromatic heterocycles. The first-order chi connectivity index (χ1) is 8.85. The van der Waals surface area contributed by atoms with Crippen LogP contribution in [0, 0.1) is 0 Å². The van der Waals surface area contributed by atoms with Crippen molar-refractivity contribution in [1.82, 2.24) is 9.55 Å². The third-order valence-electron chi connectivity index (χ3n) is 3.02. The van der Waals surface area contributed by atoms with Crippen LogP contribution in [-0.4, -0.2) is 15.5 Å². The Morgan fingerprint density at radius 1 is 1.47 bits per heavy atom. The Labute approximate surface area is 121 Å². The van der Waals surface area contributed by atoms with Crippen LogP contribution in [0.4, 0.5) is 0 Å². The highest BCUT2D eigenvalue weighted by Gasteiger charge is 2.27. The fraction of sp³-hybridized carbons (Fsp3) is 0.385. The number of benzene rings is 1. The molecule has 4 nitrogen and oxygen atoms in total. The summed E-state index contributed by atoms with van der Waals surface area (Å²) in [6.45, 7) is 3.87. The van der Waals surface area contributed by atoms with E-state index in [-0.39, 0.29) is 18.2 Å². The number of imidazole rings is 1. The molecule has 1 aromatic carbocycles. The smallest absolute Gasteiger partial charge is 0.219 e. The third-order valence-corrected chi connectivity index (χ3v) is 3.49. The van der Waals surface area contributed by atoms with Gasteiger partial charge in [-0.1, -0.05) is 11.6 Å². The monoisotopic (exact) mass is 299 g/mol. The quantitative estimate of drug-likeness (QED) is 0.882. The predicted molar refractivity (Wildman–Crippen MR) is 77.4 cm³/mol. The second-order valence-electron chi connectivity index (χ2n) is 5.09. The Hall–Kier alpha value is -1.26. The van der Waals surface area contributed by atoms with E-state index in [4.69, 9.17) is 28.9 Å². The first kappa shape index (κ1) is 14.2. The van der Waals surface area contributed by atoms with E-state index in [1.807, 2.05) is 24.5 Å². The van der Waals surface area contributed by atoms with Gasteiger partial charge in [0.2, 0.25) is 5.91 Å². The van der Waals surface area contributed by atoms with Crippen molar-refractivity contribution < 1.29 is 4.79 Å². The van der Waals surface area contributed by atoms with Gasteiger partial charge < -0.3 is 10.3 Å². The minimum Gasteiger partial charge on any atom is -0.370 e. The Balaban J connectivity index is 2.66. The van der Waals surface area contributed by atoms with Crippen molar-refractivity contribution >= 4 is 40.1 Å². The van der Waals surface area contributed by atoms with Crippen molar-refractivity contribution in [3.63, 3.8) is 0 Å². The van der Waals surface area contributed by atoms with Crippen LogP contribution in [0.5, 0.6) is 0 Å². The van der Waals surface area contributed by atoms with E-state index >= 15 is 0 Å². The number of nitrogens with two attached hydrogens (primary N) is 1. The van der Waals surface area contributed by atoms with Gasteiger partial charge in [-0.2, -0.15) is 0 Å². The van der Waals surface area contributed by atoms with E-state index in [0.717, 1.165) is 11.0 Å². The fourth-order valence-electron chi connectivity index (χ4n) is 2.37. The third kappa shape index (κ3) is 2.69. The highest BCUT2D eigenvalue weighted by atomic mass is 35.5. The van der Waals surface area contributed by atoms with E-state index in [9.17, 15) is 4.79 Å². The first-order valence-corrected chi connectivity index (χ1v) is 6.78. The zero-order valence-electron chi connectivity index (χ0n) is 10.8. The molecule has 2 N–H and O–H groups in total. The molecule has 0 aliphatic rings. The molecule has 102 valence electrons. The number of hydrogen-bond acceptors (Lipinski definition) is 2. The van der Waals surface area contributed by atoms with Crippen molar-refractivity contribution in [1.29, 1.82) is 0 Å². The van der Waals surface area contributed by atoms with Gasteiger partial charge in [0.15, 0.2) is 0 Å². The normalized spacial score (nSPS) is 12.0. The van der Waals surface area contributed by atoms with Crippen LogP contribution in [0.2, 0.25) is 5.02 Å². The lowest BCUT2D eigenvalue weighted by Crippen LogP contribution is -2.33. The van der Waals surface area contributed by atoms with E-state index in [2.05, 4.69) is 4.98 Å². The molecule has 0 radical (unpaired) electrons. The summed E-state index contributed by atoms with van der Waals surface area (Å²) in [5.41, 5.74) is 6.49. The molecule has 0 fully saturated rings. The first-order valence-electron chi connectivity index (χ1n) is 5.87. The molecular formula is C13H15Cl2N3O. The van der Waals surface area contributed by atoms with Crippen LogP contribution < -0.4 is 5.73 Å². The van der Waals surface area contributed by atoms with E-state index in [1.165, 1.54) is 0 Å². The van der Waals surface area contributed by atoms with Gasteiger partial charge in [-0.3, -0.25) is 4.79 Å². The Morgan fingerprint density at radius 2 is 2.16 bits per heavy atom. The van der Waals surface area contributed by atoms with Crippen LogP contribution in [0.15, 0.2) is 18.2 Å². The Kier molecular flexibility index (Phi) is 3.74. The molecule has 1 amide bonds. The maximum Gasteiger partial charge on any atom is 0.219 e. The van der Waals surface area contributed by atoms with E-state index in [1.54, 1.807) is 12.1 Å². The second-order valence-corrected chi connectivity index (χ2v) is 5.79. The highest BCUT2D eigenvalue weighted by Crippen LogP contribution is 2.30. The summed E-state index contributed by atoms with van der Waals surface area (Å²) in [5.74, 6) is 0.598. The minimum atomic E-state index is -0.487. The van der Waals surface area contributed by atoms with Gasteiger partial charge >= 0.3 is 0 Å². The van der Waals surface area contributed by atoms with Crippen LogP contribution in [0.1, 0.15) is 26.1 Å². The lowest BCUT2D eigenvalue weighted by Gasteiger charge is -2.27. The second kappa shape index (κ2) is 5.02. The molecule has 0 atom stereocenters. The van der Waals surface area contributed by atoms with Gasteiger partial charge in [-0.05, 0) is 32.0 Å². The lowest BCUT2D eigenvalue weighted by atomic mass is 9.99. The Morgan fingerprint density at radius 3 is 2.74 bits per heavy atom. The molecule has 0 saturated carbocycles. The van der Waals surface area contributed by atoms with Gasteiger partial charge in [0.1, 0.15) is 5.82 Å². The molecule has 0 aliphatic carbocycles. The lowest BCUT2D eigenvalue weighted by molar-refractivity contribution is -0.119. The van der Waals surface area contributed by atoms with Crippen molar-refractivity contribution in [2.75, 3.05) is 0 Å². The van der Waals surface area contributed by atoms with Crippen LogP contribution in [0.25, 0.3) is 11.0 Å². The number of aromatic nitrogens is 2. The number of amides is 1. The summed E-state index contributed by atoms with van der Waals surface area (Å²) in [7, 11) is 0. The maximum absolute atomic E-state index is 11.2. The molecule has 0 bridgehead atoms. The Bertz CT molecular complexity index is 634. The molecule has 0 saturated heterocycles. The molecule has 6 heteroatoms. The topological polar surface area (TPSA) is 60.9 Å². The van der Waals surface area contributed by atoms with E-state index in [0.29, 0.717) is 10.8 Å². The zero-order valence-corrected chi connectivity index (χ0v) is 12.3. The molecular weight excluding hydrogens is 285 g/mol. The standard InChI is InChI=1S/C13H15Cl2N3O/c1-13(2,6-11(16)19)18-10-4-3-8(15)5-9(10)17-12(18)7-14/h3-5H,6-7H2,1-2H3,(H2,16,19). The predicted octanol–water partition coefficient (Wildman–Crippen LogP) is 3.04. The number of nitrogens with zero attached hydrogens (tertiary/aromatic N) is 2. The summed E-state index contributed by atoms with van der Waals surface area (Å²) in [5, 5.41) is 0.617. The average molecular weight is 300 g/mol. The average Bonchev–Trinajstić information content (AvgIpc) is 2.65. The molecule has 2 rings (SSSR count). The van der Waals surface area contributed by atoms with Crippen LogP contribution >= 0.6 is 23.2 Å². The highest BCUT2D eigenvalue weighted by molar-refractivity contribution is 6.31. The number of hydrogen-bond donors (Lipinski definition) is 1. The molecule has 2 aromatic rings. The van der Waals surface area contributed by atoms with Crippen molar-refractivity contribution in [2.24, 2.45) is 5.73 Å². The van der Waals surface area contributed by atoms with Gasteiger partial charge in [-0.25, -0.2) is 4.98 Å². The summed E-state index contributed by atoms with van der Waals surface area (Å²) in [6.07, 6.45) is 0.213. The number of carbonyl (C=O) groups excluding carboxylic acids is 1. The number of fused-ring (bicyclic) bond motifs is 1. The van der Waals surface area contributed by atoms with Gasteiger partial charge in [-0.15, -0.1) is 11.6 Å². The number of alkyl halides is 1. The van der Waals surface area contributed by atoms with Gasteiger partial charge in [0.05, 0.1) is 16.9 Å². The van der Waals surface area contributed by atoms with Crippen molar-refractivity contribution in [2.45, 2.75) is 31.7 Å². The number of primary amides is 1. The minimum absolute atomic E-state index is 0.213. The largest absolute Gasteiger partial charge is 0.370 e. The molecule has 0 unspecified atom stereocenters. The maximum atomic E-state index is 11.2. The zero-order chi connectivity index (χ0) is 14.2. The summed E-state index contributed by atoms with van der Waals surface area (Å²) in [6, 6.07) is 5.45. The number of carbonyl (C=O) groups is 1. The van der Waals surface area contributed by atoms with E-state index < -0.39 is 5.54 Å². The van der Waals surface area contributed by atoms with Crippen molar-refractivity contribution in [3.8, 4) is 0 Å². The summed E-state index contributed by atoms with van der Waals surface area (Å²) < 4.78 is 1.95. The van der Waals surface area contributed by atoms with Gasteiger partial charge in [0, 0.05) is 17.0 Å². The van der Waals surface area contributed by atoms with Crippen molar-refractivity contribution in [3.05, 3.63) is 29.0 Å². The summed E-state index contributed by atoms with van der Waals surface area (Å²) >= 11 is 11.9.